The molecule has 0 saturated heterocycles. The average Bonchev–Trinajstić information content (AvgIpc) is 2.45. The predicted octanol–water partition coefficient (Wildman–Crippen LogP) is 4.85. The summed E-state index contributed by atoms with van der Waals surface area (Å²) < 4.78 is 0. The van der Waals surface area contributed by atoms with Crippen molar-refractivity contribution in [1.82, 2.24) is 5.32 Å². The van der Waals surface area contributed by atoms with E-state index in [9.17, 15) is 0 Å². The molecular formula is C18H29ClN2. The number of rotatable bonds is 5. The van der Waals surface area contributed by atoms with Crippen LogP contribution in [0.5, 0.6) is 0 Å². The SMILES string of the molecule is CCNCc1ccc(Cl)cc1N(C)C1CCC(C)(C)CC1. The third-order valence-corrected chi connectivity index (χ3v) is 5.08. The molecule has 0 unspecified atom stereocenters. The normalized spacial score (nSPS) is 18.7. The summed E-state index contributed by atoms with van der Waals surface area (Å²) in [5.41, 5.74) is 3.14. The molecule has 1 aliphatic carbocycles. The number of halogens is 1. The molecule has 0 amide bonds. The Kier molecular flexibility index (Phi) is 5.56. The van der Waals surface area contributed by atoms with Gasteiger partial charge < -0.3 is 10.2 Å². The molecule has 21 heavy (non-hydrogen) atoms. The van der Waals surface area contributed by atoms with Gasteiger partial charge in [-0.1, -0.05) is 38.4 Å². The van der Waals surface area contributed by atoms with E-state index in [-0.39, 0.29) is 0 Å². The Bertz CT molecular complexity index is 460. The second-order valence-corrected chi connectivity index (χ2v) is 7.50. The lowest BCUT2D eigenvalue weighted by molar-refractivity contribution is 0.222. The Labute approximate surface area is 134 Å². The summed E-state index contributed by atoms with van der Waals surface area (Å²) in [4.78, 5) is 2.45. The highest BCUT2D eigenvalue weighted by molar-refractivity contribution is 6.30. The summed E-state index contributed by atoms with van der Waals surface area (Å²) >= 11 is 6.23. The van der Waals surface area contributed by atoms with E-state index in [0.717, 1.165) is 18.1 Å². The molecule has 0 atom stereocenters. The van der Waals surface area contributed by atoms with Crippen LogP contribution in [0.2, 0.25) is 5.02 Å². The molecule has 0 aliphatic heterocycles. The Morgan fingerprint density at radius 2 is 1.95 bits per heavy atom. The fourth-order valence-electron chi connectivity index (χ4n) is 3.24. The van der Waals surface area contributed by atoms with E-state index in [0.29, 0.717) is 11.5 Å². The first-order chi connectivity index (χ1) is 9.93. The lowest BCUT2D eigenvalue weighted by Crippen LogP contribution is -2.37. The molecule has 0 bridgehead atoms. The topological polar surface area (TPSA) is 15.3 Å². The Morgan fingerprint density at radius 1 is 1.29 bits per heavy atom. The molecule has 1 fully saturated rings. The average molecular weight is 309 g/mol. The van der Waals surface area contributed by atoms with Crippen LogP contribution in [0.15, 0.2) is 18.2 Å². The van der Waals surface area contributed by atoms with E-state index in [4.69, 9.17) is 11.6 Å². The van der Waals surface area contributed by atoms with Crippen LogP contribution >= 0.6 is 11.6 Å². The first kappa shape index (κ1) is 16.6. The van der Waals surface area contributed by atoms with Gasteiger partial charge in [0.2, 0.25) is 0 Å². The minimum Gasteiger partial charge on any atom is -0.371 e. The molecule has 1 aromatic carbocycles. The largest absolute Gasteiger partial charge is 0.371 e. The fraction of sp³-hybridized carbons (Fsp3) is 0.667. The van der Waals surface area contributed by atoms with Crippen molar-refractivity contribution in [1.29, 1.82) is 0 Å². The zero-order valence-corrected chi connectivity index (χ0v) is 14.6. The van der Waals surface area contributed by atoms with Gasteiger partial charge in [0.25, 0.3) is 0 Å². The van der Waals surface area contributed by atoms with Gasteiger partial charge in [-0.15, -0.1) is 0 Å². The van der Waals surface area contributed by atoms with Gasteiger partial charge in [-0.3, -0.25) is 0 Å². The zero-order valence-electron chi connectivity index (χ0n) is 13.9. The van der Waals surface area contributed by atoms with Gasteiger partial charge in [-0.05, 0) is 55.3 Å². The van der Waals surface area contributed by atoms with Gasteiger partial charge in [0.05, 0.1) is 0 Å². The Balaban J connectivity index is 2.14. The highest BCUT2D eigenvalue weighted by Crippen LogP contribution is 2.38. The quantitative estimate of drug-likeness (QED) is 0.836. The van der Waals surface area contributed by atoms with Crippen LogP contribution in [0, 0.1) is 5.41 Å². The van der Waals surface area contributed by atoms with Crippen LogP contribution in [0.4, 0.5) is 5.69 Å². The molecule has 0 spiro atoms. The molecule has 118 valence electrons. The summed E-state index contributed by atoms with van der Waals surface area (Å²) in [5, 5.41) is 4.25. The van der Waals surface area contributed by atoms with Crippen molar-refractivity contribution in [2.24, 2.45) is 5.41 Å². The molecule has 3 heteroatoms. The number of nitrogens with one attached hydrogen (secondary N) is 1. The van der Waals surface area contributed by atoms with Crippen molar-refractivity contribution in [3.63, 3.8) is 0 Å². The van der Waals surface area contributed by atoms with E-state index in [1.165, 1.54) is 36.9 Å². The maximum absolute atomic E-state index is 6.23. The lowest BCUT2D eigenvalue weighted by atomic mass is 9.75. The van der Waals surface area contributed by atoms with Crippen LogP contribution in [0.25, 0.3) is 0 Å². The van der Waals surface area contributed by atoms with Crippen molar-refractivity contribution in [2.75, 3.05) is 18.5 Å². The third kappa shape index (κ3) is 4.37. The van der Waals surface area contributed by atoms with Gasteiger partial charge in [-0.25, -0.2) is 0 Å². The summed E-state index contributed by atoms with van der Waals surface area (Å²) in [6, 6.07) is 6.91. The zero-order chi connectivity index (χ0) is 15.5. The first-order valence-corrected chi connectivity index (χ1v) is 8.53. The summed E-state index contributed by atoms with van der Waals surface area (Å²) in [6.07, 6.45) is 5.17. The summed E-state index contributed by atoms with van der Waals surface area (Å²) in [6.45, 7) is 8.82. The molecule has 2 nitrogen and oxygen atoms in total. The number of hydrogen-bond donors (Lipinski definition) is 1. The number of anilines is 1. The van der Waals surface area contributed by atoms with Gasteiger partial charge in [0.15, 0.2) is 0 Å². The van der Waals surface area contributed by atoms with Crippen LogP contribution < -0.4 is 10.2 Å². The molecular weight excluding hydrogens is 280 g/mol. The molecule has 0 radical (unpaired) electrons. The van der Waals surface area contributed by atoms with Crippen molar-refractivity contribution in [3.8, 4) is 0 Å². The number of hydrogen-bond acceptors (Lipinski definition) is 2. The van der Waals surface area contributed by atoms with E-state index in [2.05, 4.69) is 50.2 Å². The first-order valence-electron chi connectivity index (χ1n) is 8.15. The maximum atomic E-state index is 6.23. The summed E-state index contributed by atoms with van der Waals surface area (Å²) in [7, 11) is 2.23. The summed E-state index contributed by atoms with van der Waals surface area (Å²) in [5.74, 6) is 0. The number of nitrogens with zero attached hydrogens (tertiary/aromatic N) is 1. The second kappa shape index (κ2) is 7.02. The van der Waals surface area contributed by atoms with Crippen molar-refractivity contribution < 1.29 is 0 Å². The molecule has 2 rings (SSSR count). The second-order valence-electron chi connectivity index (χ2n) is 7.06. The highest BCUT2D eigenvalue weighted by atomic mass is 35.5. The van der Waals surface area contributed by atoms with E-state index < -0.39 is 0 Å². The van der Waals surface area contributed by atoms with Crippen LogP contribution in [-0.2, 0) is 6.54 Å². The van der Waals surface area contributed by atoms with E-state index in [1.54, 1.807) is 0 Å². The Hall–Kier alpha value is -0.730. The van der Waals surface area contributed by atoms with Crippen molar-refractivity contribution >= 4 is 17.3 Å². The van der Waals surface area contributed by atoms with E-state index >= 15 is 0 Å². The molecule has 1 aromatic rings. The lowest BCUT2D eigenvalue weighted by Gasteiger charge is -2.40. The molecule has 1 aliphatic rings. The van der Waals surface area contributed by atoms with Crippen LogP contribution in [0.3, 0.4) is 0 Å². The van der Waals surface area contributed by atoms with Gasteiger partial charge >= 0.3 is 0 Å². The standard InChI is InChI=1S/C18H29ClN2/c1-5-20-13-14-6-7-15(19)12-17(14)21(4)16-8-10-18(2,3)11-9-16/h6-7,12,16,20H,5,8-11,13H2,1-4H3. The third-order valence-electron chi connectivity index (χ3n) is 4.85. The molecule has 1 N–H and O–H groups in total. The van der Waals surface area contributed by atoms with Gasteiger partial charge in [0.1, 0.15) is 0 Å². The van der Waals surface area contributed by atoms with E-state index in [1.807, 2.05) is 6.07 Å². The predicted molar refractivity (Wildman–Crippen MR) is 93.3 cm³/mol. The molecule has 0 heterocycles. The minimum absolute atomic E-state index is 0.512. The fourth-order valence-corrected chi connectivity index (χ4v) is 3.41. The van der Waals surface area contributed by atoms with Crippen molar-refractivity contribution in [2.45, 2.75) is 59.0 Å². The number of benzene rings is 1. The van der Waals surface area contributed by atoms with Gasteiger partial charge in [0, 0.05) is 30.3 Å². The maximum Gasteiger partial charge on any atom is 0.0426 e. The van der Waals surface area contributed by atoms with Crippen LogP contribution in [-0.4, -0.2) is 19.6 Å². The Morgan fingerprint density at radius 3 is 2.57 bits per heavy atom. The van der Waals surface area contributed by atoms with Crippen LogP contribution in [0.1, 0.15) is 52.0 Å². The van der Waals surface area contributed by atoms with Gasteiger partial charge in [-0.2, -0.15) is 0 Å². The monoisotopic (exact) mass is 308 g/mol. The highest BCUT2D eigenvalue weighted by Gasteiger charge is 2.29. The molecule has 0 aromatic heterocycles. The minimum atomic E-state index is 0.512. The smallest absolute Gasteiger partial charge is 0.0426 e. The molecule has 1 saturated carbocycles. The van der Waals surface area contributed by atoms with Crippen molar-refractivity contribution in [3.05, 3.63) is 28.8 Å².